The first-order valence-electron chi connectivity index (χ1n) is 6.54. The molecule has 1 unspecified atom stereocenters. The van der Waals surface area contributed by atoms with Crippen LogP contribution in [0.4, 0.5) is 0 Å². The lowest BCUT2D eigenvalue weighted by Crippen LogP contribution is -2.34. The summed E-state index contributed by atoms with van der Waals surface area (Å²) in [6.07, 6.45) is 2.75. The van der Waals surface area contributed by atoms with Gasteiger partial charge in [-0.05, 0) is 68.0 Å². The largest absolute Gasteiger partial charge is 0.299 e. The van der Waals surface area contributed by atoms with Gasteiger partial charge in [0.25, 0.3) is 0 Å². The highest BCUT2D eigenvalue weighted by molar-refractivity contribution is 9.10. The van der Waals surface area contributed by atoms with Gasteiger partial charge in [-0.1, -0.05) is 22.9 Å². The van der Waals surface area contributed by atoms with E-state index in [-0.39, 0.29) is 0 Å². The lowest BCUT2D eigenvalue weighted by atomic mass is 9.97. The van der Waals surface area contributed by atoms with Gasteiger partial charge in [-0.2, -0.15) is 0 Å². The number of piperidine rings is 1. The molecule has 0 aliphatic carbocycles. The minimum Gasteiger partial charge on any atom is -0.299 e. The highest BCUT2D eigenvalue weighted by atomic mass is 79.9. The number of nitrogens with zero attached hydrogens (tertiary/aromatic N) is 1. The fourth-order valence-corrected chi connectivity index (χ4v) is 3.53. The molecule has 1 aliphatic rings. The lowest BCUT2D eigenvalue weighted by molar-refractivity contribution is 0.176. The number of hydrogen-bond acceptors (Lipinski definition) is 1. The van der Waals surface area contributed by atoms with E-state index in [0.717, 1.165) is 12.5 Å². The molecule has 0 radical (unpaired) electrons. The Kier molecular flexibility index (Phi) is 4.26. The minimum atomic E-state index is 0.861. The third kappa shape index (κ3) is 3.32. The Morgan fingerprint density at radius 2 is 1.94 bits per heavy atom. The predicted molar refractivity (Wildman–Crippen MR) is 77.3 cm³/mol. The van der Waals surface area contributed by atoms with Gasteiger partial charge in [0.05, 0.1) is 0 Å². The second-order valence-corrected chi connectivity index (χ2v) is 6.42. The molecule has 0 bridgehead atoms. The van der Waals surface area contributed by atoms with Gasteiger partial charge >= 0.3 is 0 Å². The molecule has 0 N–H and O–H groups in total. The van der Waals surface area contributed by atoms with E-state index in [1.165, 1.54) is 47.1 Å². The summed E-state index contributed by atoms with van der Waals surface area (Å²) in [5.74, 6) is 0.861. The van der Waals surface area contributed by atoms with Gasteiger partial charge in [-0.3, -0.25) is 4.90 Å². The molecule has 2 heteroatoms. The summed E-state index contributed by atoms with van der Waals surface area (Å²) in [5, 5.41) is 0. The zero-order valence-corrected chi connectivity index (χ0v) is 12.7. The Labute approximate surface area is 113 Å². The van der Waals surface area contributed by atoms with Gasteiger partial charge in [0.2, 0.25) is 0 Å². The van der Waals surface area contributed by atoms with Crippen molar-refractivity contribution in [1.29, 1.82) is 0 Å². The summed E-state index contributed by atoms with van der Waals surface area (Å²) >= 11 is 3.57. The third-order valence-corrected chi connectivity index (χ3v) is 4.24. The molecular formula is C15H22BrN. The first kappa shape index (κ1) is 13.1. The maximum absolute atomic E-state index is 3.57. The number of halogens is 1. The Balaban J connectivity index is 2.12. The van der Waals surface area contributed by atoms with Gasteiger partial charge in [0.1, 0.15) is 0 Å². The molecule has 0 spiro atoms. The fourth-order valence-electron chi connectivity index (χ4n) is 2.84. The van der Waals surface area contributed by atoms with E-state index >= 15 is 0 Å². The van der Waals surface area contributed by atoms with Crippen molar-refractivity contribution in [2.75, 3.05) is 13.1 Å². The fraction of sp³-hybridized carbons (Fsp3) is 0.600. The van der Waals surface area contributed by atoms with Crippen molar-refractivity contribution < 1.29 is 0 Å². The molecule has 1 nitrogen and oxygen atoms in total. The minimum absolute atomic E-state index is 0.861. The van der Waals surface area contributed by atoms with Crippen molar-refractivity contribution in [2.45, 2.75) is 40.2 Å². The smallest absolute Gasteiger partial charge is 0.0239 e. The van der Waals surface area contributed by atoms with Crippen LogP contribution in [0.15, 0.2) is 16.6 Å². The van der Waals surface area contributed by atoms with E-state index in [0.29, 0.717) is 0 Å². The Hall–Kier alpha value is -0.340. The molecule has 0 aromatic heterocycles. The van der Waals surface area contributed by atoms with Crippen molar-refractivity contribution in [1.82, 2.24) is 4.90 Å². The molecule has 0 amide bonds. The summed E-state index contributed by atoms with van der Waals surface area (Å²) in [6.45, 7) is 10.5. The van der Waals surface area contributed by atoms with Crippen LogP contribution in [-0.4, -0.2) is 18.0 Å². The summed E-state index contributed by atoms with van der Waals surface area (Å²) in [5.41, 5.74) is 4.34. The van der Waals surface area contributed by atoms with E-state index in [9.17, 15) is 0 Å². The molecule has 1 aromatic rings. The van der Waals surface area contributed by atoms with Crippen LogP contribution < -0.4 is 0 Å². The second-order valence-electron chi connectivity index (χ2n) is 5.50. The molecule has 1 atom stereocenters. The number of benzene rings is 1. The first-order valence-corrected chi connectivity index (χ1v) is 7.33. The predicted octanol–water partition coefficient (Wildman–Crippen LogP) is 4.30. The highest BCUT2D eigenvalue weighted by Gasteiger charge is 2.17. The zero-order valence-electron chi connectivity index (χ0n) is 11.1. The number of aryl methyl sites for hydroxylation is 2. The zero-order chi connectivity index (χ0) is 12.4. The highest BCUT2D eigenvalue weighted by Crippen LogP contribution is 2.24. The Morgan fingerprint density at radius 1 is 1.29 bits per heavy atom. The van der Waals surface area contributed by atoms with E-state index in [1.807, 2.05) is 0 Å². The van der Waals surface area contributed by atoms with E-state index in [2.05, 4.69) is 53.7 Å². The van der Waals surface area contributed by atoms with E-state index in [4.69, 9.17) is 0 Å². The van der Waals surface area contributed by atoms with Crippen LogP contribution in [-0.2, 0) is 6.54 Å². The molecule has 2 rings (SSSR count). The van der Waals surface area contributed by atoms with Crippen LogP contribution in [0.5, 0.6) is 0 Å². The molecule has 1 fully saturated rings. The quantitative estimate of drug-likeness (QED) is 0.786. The van der Waals surface area contributed by atoms with Crippen LogP contribution >= 0.6 is 15.9 Å². The molecule has 1 heterocycles. The van der Waals surface area contributed by atoms with Gasteiger partial charge in [0, 0.05) is 17.6 Å². The van der Waals surface area contributed by atoms with Gasteiger partial charge < -0.3 is 0 Å². The Bertz CT molecular complexity index is 377. The second kappa shape index (κ2) is 5.53. The average molecular weight is 296 g/mol. The standard InChI is InChI=1S/C15H22BrN/c1-11-5-4-6-17(9-11)10-15-12(2)7-14(16)8-13(15)3/h7-8,11H,4-6,9-10H2,1-3H3. The van der Waals surface area contributed by atoms with Crippen LogP contribution in [0.3, 0.4) is 0 Å². The topological polar surface area (TPSA) is 3.24 Å². The van der Waals surface area contributed by atoms with Gasteiger partial charge in [0.15, 0.2) is 0 Å². The molecule has 94 valence electrons. The maximum Gasteiger partial charge on any atom is 0.0239 e. The molecular weight excluding hydrogens is 274 g/mol. The summed E-state index contributed by atoms with van der Waals surface area (Å²) in [4.78, 5) is 2.61. The van der Waals surface area contributed by atoms with Gasteiger partial charge in [-0.15, -0.1) is 0 Å². The molecule has 1 aliphatic heterocycles. The van der Waals surface area contributed by atoms with E-state index < -0.39 is 0 Å². The summed E-state index contributed by atoms with van der Waals surface area (Å²) in [6, 6.07) is 4.46. The summed E-state index contributed by atoms with van der Waals surface area (Å²) in [7, 11) is 0. The van der Waals surface area contributed by atoms with Crippen molar-refractivity contribution >= 4 is 15.9 Å². The lowest BCUT2D eigenvalue weighted by Gasteiger charge is -2.31. The van der Waals surface area contributed by atoms with Crippen molar-refractivity contribution in [2.24, 2.45) is 5.92 Å². The van der Waals surface area contributed by atoms with Crippen molar-refractivity contribution in [3.05, 3.63) is 33.3 Å². The monoisotopic (exact) mass is 295 g/mol. The maximum atomic E-state index is 3.57. The first-order chi connectivity index (χ1) is 8.06. The Morgan fingerprint density at radius 3 is 2.53 bits per heavy atom. The van der Waals surface area contributed by atoms with Crippen LogP contribution in [0.2, 0.25) is 0 Å². The molecule has 17 heavy (non-hydrogen) atoms. The number of rotatable bonds is 2. The SMILES string of the molecule is Cc1cc(Br)cc(C)c1CN1CCCC(C)C1. The van der Waals surface area contributed by atoms with Crippen LogP contribution in [0.1, 0.15) is 36.5 Å². The van der Waals surface area contributed by atoms with E-state index in [1.54, 1.807) is 0 Å². The average Bonchev–Trinajstić information content (AvgIpc) is 2.23. The molecule has 1 saturated heterocycles. The summed E-state index contributed by atoms with van der Waals surface area (Å²) < 4.78 is 1.20. The molecule has 0 saturated carbocycles. The van der Waals surface area contributed by atoms with Crippen LogP contribution in [0.25, 0.3) is 0 Å². The van der Waals surface area contributed by atoms with Crippen molar-refractivity contribution in [3.8, 4) is 0 Å². The molecule has 1 aromatic carbocycles. The number of hydrogen-bond donors (Lipinski definition) is 0. The third-order valence-electron chi connectivity index (χ3n) is 3.78. The van der Waals surface area contributed by atoms with Crippen molar-refractivity contribution in [3.63, 3.8) is 0 Å². The van der Waals surface area contributed by atoms with Crippen LogP contribution in [0, 0.1) is 19.8 Å². The number of likely N-dealkylation sites (tertiary alicyclic amines) is 1. The van der Waals surface area contributed by atoms with Gasteiger partial charge in [-0.25, -0.2) is 0 Å². The normalized spacial score (nSPS) is 21.8.